The molecule has 0 aliphatic heterocycles. The molecular formula is C16H15NO2. The minimum atomic E-state index is -0.366. The standard InChI is InChI=1S/C16H15NO2/c1-12-7-6-10-14(17-12)11-15(16(18)19-2)13-8-4-3-5-9-13/h3-11H,1-2H3/b15-11+. The van der Waals surface area contributed by atoms with Crippen LogP contribution in [0.5, 0.6) is 0 Å². The zero-order chi connectivity index (χ0) is 13.7. The molecule has 19 heavy (non-hydrogen) atoms. The summed E-state index contributed by atoms with van der Waals surface area (Å²) in [6.07, 6.45) is 1.74. The van der Waals surface area contributed by atoms with Crippen molar-refractivity contribution < 1.29 is 9.53 Å². The molecule has 0 fully saturated rings. The lowest BCUT2D eigenvalue weighted by atomic mass is 10.0. The fraction of sp³-hybridized carbons (Fsp3) is 0.125. The number of aromatic nitrogens is 1. The van der Waals surface area contributed by atoms with E-state index in [1.54, 1.807) is 6.08 Å². The Morgan fingerprint density at radius 1 is 1.11 bits per heavy atom. The number of nitrogens with zero attached hydrogens (tertiary/aromatic N) is 1. The summed E-state index contributed by atoms with van der Waals surface area (Å²) in [5.74, 6) is -0.366. The molecule has 1 aromatic heterocycles. The van der Waals surface area contributed by atoms with Crippen LogP contribution < -0.4 is 0 Å². The summed E-state index contributed by atoms with van der Waals surface area (Å²) in [6, 6.07) is 15.1. The van der Waals surface area contributed by atoms with Gasteiger partial charge in [-0.15, -0.1) is 0 Å². The van der Waals surface area contributed by atoms with Crippen LogP contribution in [0.15, 0.2) is 48.5 Å². The molecule has 96 valence electrons. The summed E-state index contributed by atoms with van der Waals surface area (Å²) < 4.78 is 4.83. The summed E-state index contributed by atoms with van der Waals surface area (Å²) in [7, 11) is 1.38. The third-order valence-corrected chi connectivity index (χ3v) is 2.69. The SMILES string of the molecule is COC(=O)/C(=C/c1cccc(C)n1)c1ccccc1. The van der Waals surface area contributed by atoms with E-state index in [9.17, 15) is 4.79 Å². The Morgan fingerprint density at radius 3 is 2.47 bits per heavy atom. The molecule has 0 aliphatic rings. The molecule has 0 unspecified atom stereocenters. The van der Waals surface area contributed by atoms with Gasteiger partial charge in [-0.1, -0.05) is 36.4 Å². The molecule has 0 amide bonds. The van der Waals surface area contributed by atoms with Crippen LogP contribution in [-0.2, 0) is 9.53 Å². The maximum Gasteiger partial charge on any atom is 0.338 e. The third-order valence-electron chi connectivity index (χ3n) is 2.69. The van der Waals surface area contributed by atoms with E-state index in [0.717, 1.165) is 17.0 Å². The second-order valence-electron chi connectivity index (χ2n) is 4.12. The van der Waals surface area contributed by atoms with Crippen LogP contribution >= 0.6 is 0 Å². The van der Waals surface area contributed by atoms with E-state index in [0.29, 0.717) is 5.57 Å². The lowest BCUT2D eigenvalue weighted by Gasteiger charge is -2.06. The van der Waals surface area contributed by atoms with E-state index < -0.39 is 0 Å². The Hall–Kier alpha value is -2.42. The predicted octanol–water partition coefficient (Wildman–Crippen LogP) is 3.10. The van der Waals surface area contributed by atoms with Crippen LogP contribution in [0.2, 0.25) is 0 Å². The molecule has 0 radical (unpaired) electrons. The second-order valence-corrected chi connectivity index (χ2v) is 4.12. The highest BCUT2D eigenvalue weighted by atomic mass is 16.5. The van der Waals surface area contributed by atoms with Gasteiger partial charge in [-0.05, 0) is 30.7 Å². The second kappa shape index (κ2) is 5.96. The van der Waals surface area contributed by atoms with Crippen LogP contribution in [0.4, 0.5) is 0 Å². The van der Waals surface area contributed by atoms with Gasteiger partial charge in [0.1, 0.15) is 0 Å². The van der Waals surface area contributed by atoms with Crippen molar-refractivity contribution in [2.45, 2.75) is 6.92 Å². The number of rotatable bonds is 3. The molecular weight excluding hydrogens is 238 g/mol. The van der Waals surface area contributed by atoms with Crippen molar-refractivity contribution in [2.24, 2.45) is 0 Å². The molecule has 3 heteroatoms. The van der Waals surface area contributed by atoms with Crippen LogP contribution in [-0.4, -0.2) is 18.1 Å². The molecule has 0 N–H and O–H groups in total. The summed E-state index contributed by atoms with van der Waals surface area (Å²) >= 11 is 0. The van der Waals surface area contributed by atoms with Gasteiger partial charge in [-0.3, -0.25) is 4.98 Å². The summed E-state index contributed by atoms with van der Waals surface area (Å²) in [6.45, 7) is 1.91. The molecule has 2 rings (SSSR count). The lowest BCUT2D eigenvalue weighted by molar-refractivity contribution is -0.133. The minimum absolute atomic E-state index is 0.366. The van der Waals surface area contributed by atoms with Gasteiger partial charge in [0.25, 0.3) is 0 Å². The van der Waals surface area contributed by atoms with Crippen molar-refractivity contribution in [2.75, 3.05) is 7.11 Å². The van der Waals surface area contributed by atoms with E-state index in [-0.39, 0.29) is 5.97 Å². The number of benzene rings is 1. The molecule has 0 atom stereocenters. The Labute approximate surface area is 112 Å². The van der Waals surface area contributed by atoms with E-state index in [1.165, 1.54) is 7.11 Å². The first-order valence-electron chi connectivity index (χ1n) is 6.00. The first kappa shape index (κ1) is 13.0. The number of carbonyl (C=O) groups is 1. The van der Waals surface area contributed by atoms with Gasteiger partial charge in [0.05, 0.1) is 18.4 Å². The number of methoxy groups -OCH3 is 1. The number of hydrogen-bond donors (Lipinski definition) is 0. The molecule has 1 heterocycles. The van der Waals surface area contributed by atoms with Crippen LogP contribution in [0.1, 0.15) is 17.0 Å². The molecule has 0 aliphatic carbocycles. The zero-order valence-corrected chi connectivity index (χ0v) is 11.0. The van der Waals surface area contributed by atoms with Gasteiger partial charge in [-0.25, -0.2) is 4.79 Å². The third kappa shape index (κ3) is 3.28. The maximum atomic E-state index is 11.9. The molecule has 2 aromatic rings. The number of ether oxygens (including phenoxy) is 1. The van der Waals surface area contributed by atoms with Gasteiger partial charge in [-0.2, -0.15) is 0 Å². The first-order chi connectivity index (χ1) is 9.20. The number of esters is 1. The zero-order valence-electron chi connectivity index (χ0n) is 11.0. The fourth-order valence-electron chi connectivity index (χ4n) is 1.78. The number of aryl methyl sites for hydroxylation is 1. The van der Waals surface area contributed by atoms with Crippen LogP contribution in [0.25, 0.3) is 11.6 Å². The molecule has 0 bridgehead atoms. The van der Waals surface area contributed by atoms with Crippen molar-refractivity contribution in [3.63, 3.8) is 0 Å². The lowest BCUT2D eigenvalue weighted by Crippen LogP contribution is -2.04. The quantitative estimate of drug-likeness (QED) is 0.623. The number of carbonyl (C=O) groups excluding carboxylic acids is 1. The Bertz CT molecular complexity index is 603. The van der Waals surface area contributed by atoms with Crippen molar-refractivity contribution in [1.29, 1.82) is 0 Å². The summed E-state index contributed by atoms with van der Waals surface area (Å²) in [5, 5.41) is 0. The van der Waals surface area contributed by atoms with E-state index in [1.807, 2.05) is 55.5 Å². The smallest absolute Gasteiger partial charge is 0.338 e. The van der Waals surface area contributed by atoms with Crippen LogP contribution in [0.3, 0.4) is 0 Å². The summed E-state index contributed by atoms with van der Waals surface area (Å²) in [4.78, 5) is 16.3. The summed E-state index contributed by atoms with van der Waals surface area (Å²) in [5.41, 5.74) is 2.97. The average molecular weight is 253 g/mol. The van der Waals surface area contributed by atoms with Gasteiger partial charge in [0.15, 0.2) is 0 Å². The highest BCUT2D eigenvalue weighted by molar-refractivity contribution is 6.21. The normalized spacial score (nSPS) is 11.2. The van der Waals surface area contributed by atoms with Crippen LogP contribution in [0, 0.1) is 6.92 Å². The molecule has 0 saturated heterocycles. The monoisotopic (exact) mass is 253 g/mol. The number of hydrogen-bond acceptors (Lipinski definition) is 3. The minimum Gasteiger partial charge on any atom is -0.465 e. The van der Waals surface area contributed by atoms with E-state index in [4.69, 9.17) is 4.74 Å². The Balaban J connectivity index is 2.47. The van der Waals surface area contributed by atoms with Gasteiger partial charge in [0, 0.05) is 5.69 Å². The largest absolute Gasteiger partial charge is 0.465 e. The van der Waals surface area contributed by atoms with Gasteiger partial charge < -0.3 is 4.74 Å². The average Bonchev–Trinajstić information content (AvgIpc) is 2.45. The molecule has 3 nitrogen and oxygen atoms in total. The van der Waals surface area contributed by atoms with Crippen molar-refractivity contribution in [3.8, 4) is 0 Å². The van der Waals surface area contributed by atoms with E-state index in [2.05, 4.69) is 4.98 Å². The van der Waals surface area contributed by atoms with Crippen molar-refractivity contribution in [1.82, 2.24) is 4.98 Å². The van der Waals surface area contributed by atoms with Crippen molar-refractivity contribution in [3.05, 3.63) is 65.5 Å². The molecule has 1 aromatic carbocycles. The Kier molecular flexibility index (Phi) is 4.08. The fourth-order valence-corrected chi connectivity index (χ4v) is 1.78. The highest BCUT2D eigenvalue weighted by Gasteiger charge is 2.12. The molecule has 0 spiro atoms. The maximum absolute atomic E-state index is 11.9. The Morgan fingerprint density at radius 2 is 1.84 bits per heavy atom. The number of pyridine rings is 1. The van der Waals surface area contributed by atoms with Gasteiger partial charge in [0.2, 0.25) is 0 Å². The topological polar surface area (TPSA) is 39.2 Å². The highest BCUT2D eigenvalue weighted by Crippen LogP contribution is 2.18. The molecule has 0 saturated carbocycles. The van der Waals surface area contributed by atoms with Gasteiger partial charge >= 0.3 is 5.97 Å². The van der Waals surface area contributed by atoms with E-state index >= 15 is 0 Å². The van der Waals surface area contributed by atoms with Crippen molar-refractivity contribution >= 4 is 17.6 Å². The first-order valence-corrected chi connectivity index (χ1v) is 6.00. The predicted molar refractivity (Wildman–Crippen MR) is 75.3 cm³/mol.